The topological polar surface area (TPSA) is 111 Å². The molecule has 63 heavy (non-hydrogen) atoms. The first-order valence-corrected chi connectivity index (χ1v) is 26.6. The Morgan fingerprint density at radius 3 is 1.35 bits per heavy atom. The lowest BCUT2D eigenvalue weighted by atomic mass is 10.0. The minimum Gasteiger partial charge on any atom is -0.756 e. The van der Waals surface area contributed by atoms with Crippen molar-refractivity contribution in [2.24, 2.45) is 0 Å². The van der Waals surface area contributed by atoms with Crippen LogP contribution in [0, 0.1) is 0 Å². The standard InChI is InChI=1S/C53H94NO8P/c1-6-8-10-12-14-15-16-17-18-19-20-21-22-23-24-25-26-27-28-29-30-31-32-33-34-35-36-37-38-39-40-42-44-46-53(56)62-51(49-59-52(55)45-43-41-13-11-9-7-2)50-61-63(57,58)60-48-47-54(3,4)5/h8,10,14-15,17-18,20-21,23-24,26-27,51H,6-7,9,11-13,16,19,22,25,28-50H2,1-5H3/b10-8-,15-14-,18-17-,21-20-,24-23-,27-26-. The van der Waals surface area contributed by atoms with E-state index in [9.17, 15) is 19.0 Å². The van der Waals surface area contributed by atoms with Crippen LogP contribution >= 0.6 is 7.82 Å². The third-order valence-electron chi connectivity index (χ3n) is 10.5. The number of phosphoric ester groups is 1. The van der Waals surface area contributed by atoms with Crippen LogP contribution in [-0.4, -0.2) is 70.0 Å². The minimum atomic E-state index is -4.62. The third-order valence-corrected chi connectivity index (χ3v) is 11.5. The molecule has 0 amide bonds. The maximum absolute atomic E-state index is 12.7. The largest absolute Gasteiger partial charge is 0.756 e. The van der Waals surface area contributed by atoms with E-state index in [1.165, 1.54) is 77.0 Å². The van der Waals surface area contributed by atoms with Crippen LogP contribution in [0.3, 0.4) is 0 Å². The summed E-state index contributed by atoms with van der Waals surface area (Å²) in [6.07, 6.45) is 57.0. The van der Waals surface area contributed by atoms with Crippen molar-refractivity contribution in [3.8, 4) is 0 Å². The molecule has 0 aliphatic heterocycles. The molecular formula is C53H94NO8P. The number of likely N-dealkylation sites (N-methyl/N-ethyl adjacent to an activating group) is 1. The molecule has 2 atom stereocenters. The van der Waals surface area contributed by atoms with Crippen LogP contribution in [0.15, 0.2) is 72.9 Å². The first-order valence-electron chi connectivity index (χ1n) is 25.1. The Labute approximate surface area is 387 Å². The maximum atomic E-state index is 12.7. The van der Waals surface area contributed by atoms with Gasteiger partial charge in [-0.05, 0) is 64.2 Å². The van der Waals surface area contributed by atoms with Crippen molar-refractivity contribution in [2.45, 2.75) is 206 Å². The lowest BCUT2D eigenvalue weighted by Crippen LogP contribution is -2.37. The second kappa shape index (κ2) is 44.6. The van der Waals surface area contributed by atoms with Gasteiger partial charge in [0.15, 0.2) is 6.10 Å². The fourth-order valence-electron chi connectivity index (χ4n) is 6.60. The van der Waals surface area contributed by atoms with Crippen LogP contribution in [0.4, 0.5) is 0 Å². The number of nitrogens with zero attached hydrogens (tertiary/aromatic N) is 1. The predicted molar refractivity (Wildman–Crippen MR) is 263 cm³/mol. The second-order valence-corrected chi connectivity index (χ2v) is 19.2. The van der Waals surface area contributed by atoms with Gasteiger partial charge in [-0.1, -0.05) is 196 Å². The molecule has 0 saturated heterocycles. The number of carbonyl (C=O) groups excluding carboxylic acids is 2. The van der Waals surface area contributed by atoms with Gasteiger partial charge in [-0.25, -0.2) is 0 Å². The fraction of sp³-hybridized carbons (Fsp3) is 0.736. The molecule has 0 aromatic carbocycles. The van der Waals surface area contributed by atoms with Gasteiger partial charge >= 0.3 is 11.9 Å². The number of hydrogen-bond acceptors (Lipinski definition) is 8. The molecule has 0 heterocycles. The molecule has 0 fully saturated rings. The van der Waals surface area contributed by atoms with E-state index in [1.807, 2.05) is 21.1 Å². The number of phosphoric acid groups is 1. The highest BCUT2D eigenvalue weighted by molar-refractivity contribution is 7.45. The smallest absolute Gasteiger partial charge is 0.306 e. The first kappa shape index (κ1) is 60.5. The van der Waals surface area contributed by atoms with Crippen molar-refractivity contribution in [3.05, 3.63) is 72.9 Å². The second-order valence-electron chi connectivity index (χ2n) is 17.8. The summed E-state index contributed by atoms with van der Waals surface area (Å²) in [5, 5.41) is 0. The van der Waals surface area contributed by atoms with Gasteiger partial charge in [0.2, 0.25) is 0 Å². The third kappa shape index (κ3) is 48.7. The molecule has 0 aliphatic carbocycles. The average Bonchev–Trinajstić information content (AvgIpc) is 3.24. The molecular weight excluding hydrogens is 810 g/mol. The van der Waals surface area contributed by atoms with E-state index in [-0.39, 0.29) is 26.1 Å². The molecule has 0 spiro atoms. The van der Waals surface area contributed by atoms with Gasteiger partial charge in [0, 0.05) is 12.8 Å². The number of hydrogen-bond donors (Lipinski definition) is 0. The Hall–Kier alpha value is -2.55. The van der Waals surface area contributed by atoms with E-state index in [0.29, 0.717) is 17.4 Å². The quantitative estimate of drug-likeness (QED) is 0.0195. The molecule has 0 bridgehead atoms. The monoisotopic (exact) mass is 904 g/mol. The van der Waals surface area contributed by atoms with Crippen molar-refractivity contribution in [2.75, 3.05) is 47.5 Å². The number of unbranched alkanes of at least 4 members (excludes halogenated alkanes) is 19. The molecule has 2 unspecified atom stereocenters. The van der Waals surface area contributed by atoms with Gasteiger partial charge in [0.1, 0.15) is 19.8 Å². The minimum absolute atomic E-state index is 0.0320. The fourth-order valence-corrected chi connectivity index (χ4v) is 7.33. The van der Waals surface area contributed by atoms with Gasteiger partial charge in [-0.15, -0.1) is 0 Å². The SMILES string of the molecule is CC/C=C\C/C=C\C/C=C\C/C=C\C/C=C\C/C=C\CCCCCCCCCCCCCCCCC(=O)OC(COC(=O)CCCCCCCC)COP(=O)([O-])OCC[N+](C)(C)C. The highest BCUT2D eigenvalue weighted by Crippen LogP contribution is 2.38. The number of allylic oxidation sites excluding steroid dienone is 12. The van der Waals surface area contributed by atoms with E-state index in [0.717, 1.165) is 89.9 Å². The Morgan fingerprint density at radius 2 is 0.905 bits per heavy atom. The number of ether oxygens (including phenoxy) is 2. The average molecular weight is 904 g/mol. The summed E-state index contributed by atoms with van der Waals surface area (Å²) in [5.74, 6) is -0.845. The molecule has 364 valence electrons. The van der Waals surface area contributed by atoms with Gasteiger partial charge in [-0.2, -0.15) is 0 Å². The van der Waals surface area contributed by atoms with Crippen LogP contribution in [0.1, 0.15) is 200 Å². The van der Waals surface area contributed by atoms with Crippen LogP contribution in [-0.2, 0) is 32.7 Å². The van der Waals surface area contributed by atoms with Gasteiger partial charge < -0.3 is 27.9 Å². The van der Waals surface area contributed by atoms with Crippen molar-refractivity contribution in [1.82, 2.24) is 0 Å². The zero-order valence-electron chi connectivity index (χ0n) is 41.0. The van der Waals surface area contributed by atoms with Gasteiger partial charge in [0.25, 0.3) is 7.82 Å². The molecule has 0 N–H and O–H groups in total. The highest BCUT2D eigenvalue weighted by atomic mass is 31.2. The summed E-state index contributed by atoms with van der Waals surface area (Å²) in [4.78, 5) is 37.3. The lowest BCUT2D eigenvalue weighted by molar-refractivity contribution is -0.870. The zero-order chi connectivity index (χ0) is 46.4. The molecule has 0 aromatic heterocycles. The van der Waals surface area contributed by atoms with Crippen LogP contribution in [0.5, 0.6) is 0 Å². The molecule has 0 saturated carbocycles. The van der Waals surface area contributed by atoms with Crippen molar-refractivity contribution < 1.29 is 42.1 Å². The van der Waals surface area contributed by atoms with Gasteiger partial charge in [0.05, 0.1) is 27.7 Å². The molecule has 10 heteroatoms. The molecule has 0 rings (SSSR count). The van der Waals surface area contributed by atoms with E-state index >= 15 is 0 Å². The first-order chi connectivity index (χ1) is 30.5. The highest BCUT2D eigenvalue weighted by Gasteiger charge is 2.21. The summed E-state index contributed by atoms with van der Waals surface area (Å²) >= 11 is 0. The Kier molecular flexibility index (Phi) is 42.8. The van der Waals surface area contributed by atoms with Crippen LogP contribution < -0.4 is 4.89 Å². The molecule has 0 aliphatic rings. The number of quaternary nitrogens is 1. The van der Waals surface area contributed by atoms with Crippen molar-refractivity contribution in [1.29, 1.82) is 0 Å². The molecule has 0 radical (unpaired) electrons. The summed E-state index contributed by atoms with van der Waals surface area (Å²) in [6, 6.07) is 0. The Morgan fingerprint density at radius 1 is 0.508 bits per heavy atom. The predicted octanol–water partition coefficient (Wildman–Crippen LogP) is 14.3. The van der Waals surface area contributed by atoms with Crippen LogP contribution in [0.25, 0.3) is 0 Å². The van der Waals surface area contributed by atoms with E-state index in [2.05, 4.69) is 86.8 Å². The summed E-state index contributed by atoms with van der Waals surface area (Å²) < 4.78 is 33.8. The summed E-state index contributed by atoms with van der Waals surface area (Å²) in [7, 11) is 1.16. The summed E-state index contributed by atoms with van der Waals surface area (Å²) in [5.41, 5.74) is 0. The number of rotatable bonds is 45. The lowest BCUT2D eigenvalue weighted by Gasteiger charge is -2.28. The van der Waals surface area contributed by atoms with Crippen LogP contribution in [0.2, 0.25) is 0 Å². The molecule has 0 aromatic rings. The van der Waals surface area contributed by atoms with Gasteiger partial charge in [-0.3, -0.25) is 14.2 Å². The van der Waals surface area contributed by atoms with Crippen molar-refractivity contribution >= 4 is 19.8 Å². The number of carbonyl (C=O) groups is 2. The summed E-state index contributed by atoms with van der Waals surface area (Å²) in [6.45, 7) is 4.04. The Balaban J connectivity index is 3.96. The van der Waals surface area contributed by atoms with E-state index < -0.39 is 32.5 Å². The zero-order valence-corrected chi connectivity index (χ0v) is 41.9. The van der Waals surface area contributed by atoms with E-state index in [4.69, 9.17) is 18.5 Å². The van der Waals surface area contributed by atoms with Crippen molar-refractivity contribution in [3.63, 3.8) is 0 Å². The molecule has 9 nitrogen and oxygen atoms in total. The normalized spacial score (nSPS) is 14.1. The number of esters is 2. The Bertz CT molecular complexity index is 1300. The maximum Gasteiger partial charge on any atom is 0.306 e. The van der Waals surface area contributed by atoms with E-state index in [1.54, 1.807) is 0 Å².